The highest BCUT2D eigenvalue weighted by molar-refractivity contribution is 6.13. The van der Waals surface area contributed by atoms with Crippen molar-refractivity contribution in [2.24, 2.45) is 5.10 Å². The summed E-state index contributed by atoms with van der Waals surface area (Å²) in [5, 5.41) is 8.71. The Kier molecular flexibility index (Phi) is 5.81. The van der Waals surface area contributed by atoms with Crippen molar-refractivity contribution in [1.82, 2.24) is 5.43 Å². The molecule has 0 aliphatic carbocycles. The van der Waals surface area contributed by atoms with Crippen LogP contribution in [0.4, 0.5) is 0 Å². The van der Waals surface area contributed by atoms with Gasteiger partial charge in [-0.15, -0.1) is 0 Å². The van der Waals surface area contributed by atoms with Crippen LogP contribution < -0.4 is 10.2 Å². The third kappa shape index (κ3) is 4.60. The monoisotopic (exact) mass is 430 g/mol. The number of ether oxygens (including phenoxy) is 1. The van der Waals surface area contributed by atoms with Gasteiger partial charge in [0.1, 0.15) is 12.4 Å². The fourth-order valence-electron chi connectivity index (χ4n) is 3.85. The second-order valence-corrected chi connectivity index (χ2v) is 7.73. The molecule has 160 valence electrons. The van der Waals surface area contributed by atoms with E-state index in [4.69, 9.17) is 4.74 Å². The number of hydrogen-bond donors (Lipinski definition) is 1. The largest absolute Gasteiger partial charge is 0.489 e. The molecule has 1 amide bonds. The lowest BCUT2D eigenvalue weighted by atomic mass is 9.97. The molecule has 1 N–H and O–H groups in total. The molecule has 0 aliphatic rings. The van der Waals surface area contributed by atoms with Crippen molar-refractivity contribution < 1.29 is 9.53 Å². The van der Waals surface area contributed by atoms with Crippen LogP contribution in [0, 0.1) is 0 Å². The highest BCUT2D eigenvalue weighted by Crippen LogP contribution is 2.27. The normalized spacial score (nSPS) is 11.2. The molecule has 0 unspecified atom stereocenters. The second kappa shape index (κ2) is 9.37. The first-order valence-corrected chi connectivity index (χ1v) is 10.8. The van der Waals surface area contributed by atoms with E-state index < -0.39 is 0 Å². The van der Waals surface area contributed by atoms with Gasteiger partial charge in [-0.1, -0.05) is 78.9 Å². The molecule has 0 fully saturated rings. The first kappa shape index (κ1) is 20.5. The first-order valence-electron chi connectivity index (χ1n) is 10.8. The minimum absolute atomic E-state index is 0.273. The number of rotatable bonds is 6. The Bertz CT molecular complexity index is 1390. The lowest BCUT2D eigenvalue weighted by Gasteiger charge is -2.08. The third-order valence-electron chi connectivity index (χ3n) is 5.54. The van der Waals surface area contributed by atoms with E-state index in [2.05, 4.69) is 40.9 Å². The zero-order valence-corrected chi connectivity index (χ0v) is 17.9. The Morgan fingerprint density at radius 3 is 2.03 bits per heavy atom. The van der Waals surface area contributed by atoms with Crippen molar-refractivity contribution >= 4 is 33.7 Å². The summed E-state index contributed by atoms with van der Waals surface area (Å²) in [5.74, 6) is 0.437. The fourth-order valence-corrected chi connectivity index (χ4v) is 3.85. The Morgan fingerprint density at radius 2 is 1.36 bits per heavy atom. The molecule has 0 radical (unpaired) electrons. The molecule has 0 saturated heterocycles. The minimum atomic E-state index is -0.273. The standard InChI is InChI=1S/C29H22N2O2/c32-29(22-14-16-25(17-15-22)33-20-21-8-2-1-3-9-21)31-30-19-28-26-12-6-4-10-23(26)18-24-11-5-7-13-27(24)28/h1-19H,20H2,(H,31,32)/b30-19+. The molecular formula is C29H22N2O2. The molecule has 0 atom stereocenters. The van der Waals surface area contributed by atoms with E-state index in [1.807, 2.05) is 54.6 Å². The molecule has 0 heterocycles. The number of carbonyl (C=O) groups excluding carboxylic acids is 1. The molecule has 0 saturated carbocycles. The maximum Gasteiger partial charge on any atom is 0.271 e. The number of fused-ring (bicyclic) bond motifs is 2. The highest BCUT2D eigenvalue weighted by Gasteiger charge is 2.07. The van der Waals surface area contributed by atoms with Gasteiger partial charge in [0.2, 0.25) is 0 Å². The van der Waals surface area contributed by atoms with Gasteiger partial charge in [-0.2, -0.15) is 5.10 Å². The number of nitrogens with zero attached hydrogens (tertiary/aromatic N) is 1. The summed E-state index contributed by atoms with van der Waals surface area (Å²) in [7, 11) is 0. The maximum atomic E-state index is 12.6. The smallest absolute Gasteiger partial charge is 0.271 e. The summed E-state index contributed by atoms with van der Waals surface area (Å²) in [6.45, 7) is 0.482. The number of hydrazone groups is 1. The van der Waals surface area contributed by atoms with Crippen molar-refractivity contribution in [2.75, 3.05) is 0 Å². The Hall–Kier alpha value is -4.44. The van der Waals surface area contributed by atoms with Crippen LogP contribution in [0.3, 0.4) is 0 Å². The summed E-state index contributed by atoms with van der Waals surface area (Å²) >= 11 is 0. The maximum absolute atomic E-state index is 12.6. The molecule has 4 nitrogen and oxygen atoms in total. The Morgan fingerprint density at radius 1 is 0.758 bits per heavy atom. The zero-order valence-electron chi connectivity index (χ0n) is 17.9. The van der Waals surface area contributed by atoms with Gasteiger partial charge < -0.3 is 4.74 Å². The minimum Gasteiger partial charge on any atom is -0.489 e. The van der Waals surface area contributed by atoms with E-state index >= 15 is 0 Å². The lowest BCUT2D eigenvalue weighted by Crippen LogP contribution is -2.17. The Labute approximate surface area is 192 Å². The van der Waals surface area contributed by atoms with Gasteiger partial charge in [0.15, 0.2) is 0 Å². The molecule has 0 spiro atoms. The van der Waals surface area contributed by atoms with E-state index in [0.717, 1.165) is 32.7 Å². The lowest BCUT2D eigenvalue weighted by molar-refractivity contribution is 0.0955. The number of nitrogens with one attached hydrogen (secondary N) is 1. The van der Waals surface area contributed by atoms with Crippen molar-refractivity contribution in [3.05, 3.63) is 126 Å². The number of amides is 1. The molecule has 0 bridgehead atoms. The van der Waals surface area contributed by atoms with Gasteiger partial charge in [0.25, 0.3) is 5.91 Å². The van der Waals surface area contributed by atoms with E-state index in [-0.39, 0.29) is 5.91 Å². The molecule has 4 heteroatoms. The highest BCUT2D eigenvalue weighted by atomic mass is 16.5. The van der Waals surface area contributed by atoms with Crippen molar-refractivity contribution in [3.8, 4) is 5.75 Å². The summed E-state index contributed by atoms with van der Waals surface area (Å²) in [6, 6.07) is 35.5. The molecule has 0 aliphatic heterocycles. The van der Waals surface area contributed by atoms with Gasteiger partial charge >= 0.3 is 0 Å². The fraction of sp³-hybridized carbons (Fsp3) is 0.0345. The van der Waals surface area contributed by atoms with Crippen LogP contribution in [-0.4, -0.2) is 12.1 Å². The van der Waals surface area contributed by atoms with Gasteiger partial charge in [-0.3, -0.25) is 4.79 Å². The van der Waals surface area contributed by atoms with Crippen LogP contribution in [0.25, 0.3) is 21.5 Å². The topological polar surface area (TPSA) is 50.7 Å². The van der Waals surface area contributed by atoms with Gasteiger partial charge in [0, 0.05) is 11.1 Å². The zero-order chi connectivity index (χ0) is 22.5. The molecule has 5 aromatic rings. The average Bonchev–Trinajstić information content (AvgIpc) is 2.88. The van der Waals surface area contributed by atoms with Crippen LogP contribution >= 0.6 is 0 Å². The third-order valence-corrected chi connectivity index (χ3v) is 5.54. The average molecular weight is 431 g/mol. The van der Waals surface area contributed by atoms with Gasteiger partial charge in [-0.05, 0) is 57.4 Å². The van der Waals surface area contributed by atoms with Crippen LogP contribution in [0.15, 0.2) is 114 Å². The van der Waals surface area contributed by atoms with E-state index in [0.29, 0.717) is 17.9 Å². The summed E-state index contributed by atoms with van der Waals surface area (Å²) in [6.07, 6.45) is 1.72. The SMILES string of the molecule is O=C(N/N=C/c1c2ccccc2cc2ccccc12)c1ccc(OCc2ccccc2)cc1. The van der Waals surface area contributed by atoms with Crippen LogP contribution in [0.2, 0.25) is 0 Å². The predicted molar refractivity (Wildman–Crippen MR) is 134 cm³/mol. The van der Waals surface area contributed by atoms with Gasteiger partial charge in [0.05, 0.1) is 6.21 Å². The molecule has 5 aromatic carbocycles. The number of benzene rings is 5. The number of carbonyl (C=O) groups is 1. The van der Waals surface area contributed by atoms with Crippen molar-refractivity contribution in [2.45, 2.75) is 6.61 Å². The van der Waals surface area contributed by atoms with Crippen LogP contribution in [0.1, 0.15) is 21.5 Å². The molecule has 33 heavy (non-hydrogen) atoms. The van der Waals surface area contributed by atoms with Crippen LogP contribution in [-0.2, 0) is 6.61 Å². The first-order chi connectivity index (χ1) is 16.3. The summed E-state index contributed by atoms with van der Waals surface area (Å²) in [4.78, 5) is 12.6. The van der Waals surface area contributed by atoms with E-state index in [1.54, 1.807) is 30.5 Å². The van der Waals surface area contributed by atoms with Gasteiger partial charge in [-0.25, -0.2) is 5.43 Å². The van der Waals surface area contributed by atoms with E-state index in [1.165, 1.54) is 0 Å². The number of hydrogen-bond acceptors (Lipinski definition) is 3. The summed E-state index contributed by atoms with van der Waals surface area (Å²) in [5.41, 5.74) is 5.23. The molecule has 0 aromatic heterocycles. The summed E-state index contributed by atoms with van der Waals surface area (Å²) < 4.78 is 5.79. The molecular weight excluding hydrogens is 408 g/mol. The Balaban J connectivity index is 1.30. The van der Waals surface area contributed by atoms with E-state index in [9.17, 15) is 4.79 Å². The predicted octanol–water partition coefficient (Wildman–Crippen LogP) is 6.34. The van der Waals surface area contributed by atoms with Crippen molar-refractivity contribution in [3.63, 3.8) is 0 Å². The molecule has 5 rings (SSSR count). The van der Waals surface area contributed by atoms with Crippen LogP contribution in [0.5, 0.6) is 5.75 Å². The second-order valence-electron chi connectivity index (χ2n) is 7.73. The van der Waals surface area contributed by atoms with Crippen molar-refractivity contribution in [1.29, 1.82) is 0 Å². The quantitative estimate of drug-likeness (QED) is 0.194.